The number of halogens is 1. The number of carbonyl (C=O) groups is 2. The van der Waals surface area contributed by atoms with Gasteiger partial charge < -0.3 is 24.6 Å². The summed E-state index contributed by atoms with van der Waals surface area (Å²) in [5.41, 5.74) is 1.15. The van der Waals surface area contributed by atoms with E-state index in [1.807, 2.05) is 13.8 Å². The number of aromatic nitrogens is 1. The number of phenols is 1. The molecule has 0 spiro atoms. The Morgan fingerprint density at radius 2 is 1.77 bits per heavy atom. The lowest BCUT2D eigenvalue weighted by Gasteiger charge is -2.44. The first-order chi connectivity index (χ1) is 14.8. The minimum absolute atomic E-state index is 0.0181. The van der Waals surface area contributed by atoms with Crippen LogP contribution in [0.3, 0.4) is 0 Å². The molecule has 2 heterocycles. The summed E-state index contributed by atoms with van der Waals surface area (Å²) in [6, 6.07) is 10.2. The molecule has 2 aromatic carbocycles. The fourth-order valence-corrected chi connectivity index (χ4v) is 4.23. The molecular weight excluding hydrogens is 401 g/mol. The van der Waals surface area contributed by atoms with Gasteiger partial charge in [0.05, 0.1) is 12.7 Å². The van der Waals surface area contributed by atoms with Crippen LogP contribution >= 0.6 is 0 Å². The first kappa shape index (κ1) is 20.7. The van der Waals surface area contributed by atoms with Crippen molar-refractivity contribution < 1.29 is 23.8 Å². The second kappa shape index (κ2) is 7.94. The maximum atomic E-state index is 14.4. The third-order valence-electron chi connectivity index (χ3n) is 5.68. The number of nitrogens with one attached hydrogen (secondary N) is 1. The normalized spacial score (nSPS) is 19.0. The summed E-state index contributed by atoms with van der Waals surface area (Å²) in [6.45, 7) is 4.32. The van der Waals surface area contributed by atoms with Gasteiger partial charge in [-0.2, -0.15) is 0 Å². The van der Waals surface area contributed by atoms with E-state index in [0.717, 1.165) is 10.9 Å². The number of H-pyrrole nitrogens is 1. The minimum Gasteiger partial charge on any atom is -0.508 e. The number of methoxy groups -OCH3 is 1. The number of piperazine rings is 1. The van der Waals surface area contributed by atoms with Crippen molar-refractivity contribution in [2.75, 3.05) is 20.2 Å². The van der Waals surface area contributed by atoms with Gasteiger partial charge in [0.25, 0.3) is 11.8 Å². The van der Waals surface area contributed by atoms with E-state index >= 15 is 0 Å². The molecule has 2 atom stereocenters. The van der Waals surface area contributed by atoms with E-state index in [1.165, 1.54) is 19.2 Å². The fourth-order valence-electron chi connectivity index (χ4n) is 4.23. The van der Waals surface area contributed by atoms with Gasteiger partial charge in [-0.05, 0) is 50.2 Å². The van der Waals surface area contributed by atoms with Crippen molar-refractivity contribution in [1.82, 2.24) is 14.8 Å². The lowest BCUT2D eigenvalue weighted by Crippen LogP contribution is -2.59. The van der Waals surface area contributed by atoms with Gasteiger partial charge in [-0.1, -0.05) is 0 Å². The van der Waals surface area contributed by atoms with E-state index in [0.29, 0.717) is 24.5 Å². The van der Waals surface area contributed by atoms with Gasteiger partial charge in [0.1, 0.15) is 23.0 Å². The molecule has 1 aliphatic rings. The predicted octanol–water partition coefficient (Wildman–Crippen LogP) is 3.40. The van der Waals surface area contributed by atoms with E-state index in [-0.39, 0.29) is 29.3 Å². The summed E-state index contributed by atoms with van der Waals surface area (Å²) >= 11 is 0. The summed E-state index contributed by atoms with van der Waals surface area (Å²) in [6.07, 6.45) is 0. The first-order valence-corrected chi connectivity index (χ1v) is 10.1. The highest BCUT2D eigenvalue weighted by Crippen LogP contribution is 2.25. The molecule has 0 aliphatic carbocycles. The second-order valence-corrected chi connectivity index (χ2v) is 7.92. The number of hydrogen-bond donors (Lipinski definition) is 2. The molecule has 1 aromatic heterocycles. The smallest absolute Gasteiger partial charge is 0.270 e. The molecular formula is C23H24FN3O4. The number of ether oxygens (including phenoxy) is 1. The summed E-state index contributed by atoms with van der Waals surface area (Å²) in [7, 11) is 1.44. The van der Waals surface area contributed by atoms with Crippen LogP contribution in [0.1, 0.15) is 34.7 Å². The van der Waals surface area contributed by atoms with Crippen molar-refractivity contribution in [3.8, 4) is 11.5 Å². The number of aromatic amines is 1. The van der Waals surface area contributed by atoms with Crippen molar-refractivity contribution >= 4 is 22.7 Å². The number of fused-ring (bicyclic) bond motifs is 1. The quantitative estimate of drug-likeness (QED) is 0.674. The van der Waals surface area contributed by atoms with Gasteiger partial charge in [-0.15, -0.1) is 0 Å². The van der Waals surface area contributed by atoms with E-state index in [2.05, 4.69) is 4.98 Å². The molecule has 1 fully saturated rings. The van der Waals surface area contributed by atoms with Crippen molar-refractivity contribution in [3.63, 3.8) is 0 Å². The fraction of sp³-hybridized carbons (Fsp3) is 0.304. The Bertz CT molecular complexity index is 1150. The third-order valence-corrected chi connectivity index (χ3v) is 5.68. The van der Waals surface area contributed by atoms with Crippen LogP contribution in [-0.2, 0) is 0 Å². The van der Waals surface area contributed by atoms with E-state index in [1.54, 1.807) is 40.1 Å². The standard InChI is InChI=1S/C23H24FN3O4/c1-13-11-26(22(29)18-6-5-17(31-3)10-19(18)24)12-14(2)27(13)23(30)21-9-15-8-16(28)4-7-20(15)25-21/h4-10,13-14,25,28H,11-12H2,1-3H3/t13-,14-/m1/s1. The van der Waals surface area contributed by atoms with Crippen LogP contribution in [0.4, 0.5) is 4.39 Å². The monoisotopic (exact) mass is 425 g/mol. The molecule has 0 saturated carbocycles. The maximum absolute atomic E-state index is 14.4. The summed E-state index contributed by atoms with van der Waals surface area (Å²) in [5, 5.41) is 10.4. The number of benzene rings is 2. The first-order valence-electron chi connectivity index (χ1n) is 10.1. The Kier molecular flexibility index (Phi) is 5.31. The van der Waals surface area contributed by atoms with Crippen LogP contribution in [0.2, 0.25) is 0 Å². The Labute approximate surface area is 179 Å². The zero-order chi connectivity index (χ0) is 22.3. The number of aromatic hydroxyl groups is 1. The van der Waals surface area contributed by atoms with Gasteiger partial charge in [0, 0.05) is 42.1 Å². The lowest BCUT2D eigenvalue weighted by molar-refractivity contribution is 0.0249. The SMILES string of the molecule is COc1ccc(C(=O)N2C[C@@H](C)N(C(=O)c3cc4cc(O)ccc4[nH]3)[C@H](C)C2)c(F)c1. The Morgan fingerprint density at radius 3 is 2.42 bits per heavy atom. The van der Waals surface area contributed by atoms with Gasteiger partial charge in [0.15, 0.2) is 0 Å². The summed E-state index contributed by atoms with van der Waals surface area (Å²) in [4.78, 5) is 32.5. The van der Waals surface area contributed by atoms with E-state index in [4.69, 9.17) is 4.74 Å². The molecule has 0 bridgehead atoms. The molecule has 1 aliphatic heterocycles. The lowest BCUT2D eigenvalue weighted by atomic mass is 10.0. The van der Waals surface area contributed by atoms with Crippen LogP contribution in [0.25, 0.3) is 10.9 Å². The number of nitrogens with zero attached hydrogens (tertiary/aromatic N) is 2. The maximum Gasteiger partial charge on any atom is 0.270 e. The molecule has 31 heavy (non-hydrogen) atoms. The Balaban J connectivity index is 1.53. The molecule has 0 unspecified atom stereocenters. The largest absolute Gasteiger partial charge is 0.508 e. The molecule has 162 valence electrons. The molecule has 0 radical (unpaired) electrons. The molecule has 2 N–H and O–H groups in total. The van der Waals surface area contributed by atoms with Crippen LogP contribution in [0, 0.1) is 5.82 Å². The molecule has 4 rings (SSSR count). The average molecular weight is 425 g/mol. The van der Waals surface area contributed by atoms with Crippen molar-refractivity contribution in [2.24, 2.45) is 0 Å². The molecule has 7 nitrogen and oxygen atoms in total. The zero-order valence-electron chi connectivity index (χ0n) is 17.6. The van der Waals surface area contributed by atoms with Gasteiger partial charge in [-0.3, -0.25) is 9.59 Å². The molecule has 3 aromatic rings. The number of carbonyl (C=O) groups excluding carboxylic acids is 2. The third kappa shape index (κ3) is 3.81. The van der Waals surface area contributed by atoms with Gasteiger partial charge >= 0.3 is 0 Å². The van der Waals surface area contributed by atoms with Crippen LogP contribution in [-0.4, -0.2) is 64.0 Å². The number of phenolic OH excluding ortho intramolecular Hbond substituents is 1. The highest BCUT2D eigenvalue weighted by Gasteiger charge is 2.36. The van der Waals surface area contributed by atoms with Crippen molar-refractivity contribution in [1.29, 1.82) is 0 Å². The zero-order valence-corrected chi connectivity index (χ0v) is 17.6. The van der Waals surface area contributed by atoms with E-state index < -0.39 is 11.7 Å². The number of rotatable bonds is 3. The van der Waals surface area contributed by atoms with Crippen LogP contribution in [0.15, 0.2) is 42.5 Å². The highest BCUT2D eigenvalue weighted by molar-refractivity contribution is 5.99. The number of amides is 2. The summed E-state index contributed by atoms with van der Waals surface area (Å²) in [5.74, 6) is -0.752. The Hall–Kier alpha value is -3.55. The van der Waals surface area contributed by atoms with Gasteiger partial charge in [-0.25, -0.2) is 4.39 Å². The van der Waals surface area contributed by atoms with Gasteiger partial charge in [0.2, 0.25) is 0 Å². The van der Waals surface area contributed by atoms with E-state index in [9.17, 15) is 19.1 Å². The predicted molar refractivity (Wildman–Crippen MR) is 114 cm³/mol. The molecule has 2 amide bonds. The minimum atomic E-state index is -0.635. The Morgan fingerprint density at radius 1 is 1.06 bits per heavy atom. The summed E-state index contributed by atoms with van der Waals surface area (Å²) < 4.78 is 19.4. The van der Waals surface area contributed by atoms with Crippen molar-refractivity contribution in [2.45, 2.75) is 25.9 Å². The topological polar surface area (TPSA) is 85.9 Å². The second-order valence-electron chi connectivity index (χ2n) is 7.92. The van der Waals surface area contributed by atoms with Crippen molar-refractivity contribution in [3.05, 3.63) is 59.5 Å². The molecule has 1 saturated heterocycles. The number of hydrogen-bond acceptors (Lipinski definition) is 4. The average Bonchev–Trinajstić information content (AvgIpc) is 3.15. The van der Waals surface area contributed by atoms with Crippen LogP contribution < -0.4 is 4.74 Å². The highest BCUT2D eigenvalue weighted by atomic mass is 19.1. The van der Waals surface area contributed by atoms with Crippen LogP contribution in [0.5, 0.6) is 11.5 Å². The molecule has 8 heteroatoms.